The summed E-state index contributed by atoms with van der Waals surface area (Å²) in [5.74, 6) is 0.493. The van der Waals surface area contributed by atoms with E-state index >= 15 is 0 Å². The van der Waals surface area contributed by atoms with Crippen molar-refractivity contribution in [2.75, 3.05) is 18.4 Å². The minimum atomic E-state index is -0.144. The van der Waals surface area contributed by atoms with Crippen LogP contribution in [0.25, 0.3) is 0 Å². The maximum absolute atomic E-state index is 12.3. The lowest BCUT2D eigenvalue weighted by Gasteiger charge is -2.32. The normalized spacial score (nSPS) is 19.9. The highest BCUT2D eigenvalue weighted by molar-refractivity contribution is 9.09. The average molecular weight is 313 g/mol. The largest absolute Gasteiger partial charge is 0.338 e. The van der Waals surface area contributed by atoms with Crippen LogP contribution in [0, 0.1) is 5.92 Å². The van der Waals surface area contributed by atoms with Gasteiger partial charge in [-0.1, -0.05) is 15.9 Å². The smallest absolute Gasteiger partial charge is 0.254 e. The van der Waals surface area contributed by atoms with Crippen LogP contribution in [-0.4, -0.2) is 33.8 Å². The lowest BCUT2D eigenvalue weighted by atomic mass is 9.99. The third kappa shape index (κ3) is 2.83. The zero-order chi connectivity index (χ0) is 13.1. The van der Waals surface area contributed by atoms with Gasteiger partial charge in [-0.05, 0) is 24.8 Å². The molecule has 1 aliphatic heterocycles. The molecule has 0 bridgehead atoms. The van der Waals surface area contributed by atoms with Crippen LogP contribution in [0.4, 0.5) is 0 Å². The molecule has 1 unspecified atom stereocenters. The van der Waals surface area contributed by atoms with Crippen LogP contribution >= 0.6 is 15.9 Å². The Morgan fingerprint density at radius 1 is 1.56 bits per heavy atom. The minimum Gasteiger partial charge on any atom is -0.338 e. The number of halogens is 1. The fraction of sp³-hybridized carbons (Fsp3) is 0.538. The first kappa shape index (κ1) is 13.3. The summed E-state index contributed by atoms with van der Waals surface area (Å²) in [6.07, 6.45) is 3.83. The van der Waals surface area contributed by atoms with E-state index in [9.17, 15) is 9.59 Å². The van der Waals surface area contributed by atoms with E-state index in [1.54, 1.807) is 19.3 Å². The molecule has 0 aliphatic carbocycles. The Bertz CT molecular complexity index is 498. The Balaban J connectivity index is 2.15. The highest BCUT2D eigenvalue weighted by atomic mass is 79.9. The maximum atomic E-state index is 12.3. The third-order valence-corrected chi connectivity index (χ3v) is 4.29. The van der Waals surface area contributed by atoms with Gasteiger partial charge in [-0.25, -0.2) is 0 Å². The number of nitrogens with zero attached hydrogens (tertiary/aromatic N) is 2. The molecule has 4 nitrogen and oxygen atoms in total. The number of alkyl halides is 1. The van der Waals surface area contributed by atoms with Crippen molar-refractivity contribution in [1.82, 2.24) is 9.47 Å². The van der Waals surface area contributed by atoms with Crippen LogP contribution in [0.1, 0.15) is 23.2 Å². The van der Waals surface area contributed by atoms with Gasteiger partial charge in [-0.2, -0.15) is 0 Å². The van der Waals surface area contributed by atoms with E-state index < -0.39 is 0 Å². The van der Waals surface area contributed by atoms with Crippen molar-refractivity contribution in [3.8, 4) is 0 Å². The molecule has 1 aromatic rings. The zero-order valence-electron chi connectivity index (χ0n) is 10.4. The molecule has 1 aromatic heterocycles. The molecule has 1 amide bonds. The summed E-state index contributed by atoms with van der Waals surface area (Å²) in [6, 6.07) is 3.13. The number of hydrogen-bond donors (Lipinski definition) is 0. The Kier molecular flexibility index (Phi) is 4.22. The number of carbonyl (C=O) groups is 1. The molecule has 18 heavy (non-hydrogen) atoms. The number of amides is 1. The van der Waals surface area contributed by atoms with E-state index in [4.69, 9.17) is 0 Å². The summed E-state index contributed by atoms with van der Waals surface area (Å²) >= 11 is 3.47. The van der Waals surface area contributed by atoms with Crippen molar-refractivity contribution in [3.05, 3.63) is 34.2 Å². The second kappa shape index (κ2) is 5.69. The van der Waals surface area contributed by atoms with Gasteiger partial charge in [-0.15, -0.1) is 0 Å². The molecular weight excluding hydrogens is 296 g/mol. The number of aromatic nitrogens is 1. The van der Waals surface area contributed by atoms with Gasteiger partial charge in [0.25, 0.3) is 11.5 Å². The molecule has 0 saturated carbocycles. The number of piperidine rings is 1. The number of aryl methyl sites for hydroxylation is 1. The molecule has 0 aromatic carbocycles. The minimum absolute atomic E-state index is 0.0293. The standard InChI is InChI=1S/C13H17BrN2O2/c1-15-6-4-11(7-12(15)17)13(18)16-5-2-3-10(8-14)9-16/h4,6-7,10H,2-3,5,8-9H2,1H3. The Hall–Kier alpha value is -1.10. The summed E-state index contributed by atoms with van der Waals surface area (Å²) in [5, 5.41) is 0.924. The van der Waals surface area contributed by atoms with Crippen molar-refractivity contribution in [1.29, 1.82) is 0 Å². The topological polar surface area (TPSA) is 42.3 Å². The van der Waals surface area contributed by atoms with Gasteiger partial charge in [0.05, 0.1) is 0 Å². The van der Waals surface area contributed by atoms with E-state index in [-0.39, 0.29) is 11.5 Å². The molecule has 5 heteroatoms. The van der Waals surface area contributed by atoms with Crippen LogP contribution in [-0.2, 0) is 7.05 Å². The second-order valence-electron chi connectivity index (χ2n) is 4.78. The predicted octanol–water partition coefficient (Wildman–Crippen LogP) is 1.63. The SMILES string of the molecule is Cn1ccc(C(=O)N2CCCC(CBr)C2)cc1=O. The summed E-state index contributed by atoms with van der Waals surface area (Å²) in [7, 11) is 1.68. The van der Waals surface area contributed by atoms with E-state index in [0.29, 0.717) is 11.5 Å². The molecular formula is C13H17BrN2O2. The van der Waals surface area contributed by atoms with Crippen molar-refractivity contribution in [3.63, 3.8) is 0 Å². The van der Waals surface area contributed by atoms with E-state index in [2.05, 4.69) is 15.9 Å². The third-order valence-electron chi connectivity index (χ3n) is 3.38. The predicted molar refractivity (Wildman–Crippen MR) is 74.1 cm³/mol. The molecule has 1 saturated heterocycles. The number of rotatable bonds is 2. The Morgan fingerprint density at radius 2 is 2.33 bits per heavy atom. The van der Waals surface area contributed by atoms with Crippen LogP contribution in [0.2, 0.25) is 0 Å². The first-order valence-corrected chi connectivity index (χ1v) is 7.26. The molecule has 2 rings (SSSR count). The summed E-state index contributed by atoms with van der Waals surface area (Å²) in [4.78, 5) is 25.7. The van der Waals surface area contributed by atoms with Gasteiger partial charge in [0.1, 0.15) is 0 Å². The lowest BCUT2D eigenvalue weighted by Crippen LogP contribution is -2.40. The number of hydrogen-bond acceptors (Lipinski definition) is 2. The maximum Gasteiger partial charge on any atom is 0.254 e. The van der Waals surface area contributed by atoms with Gasteiger partial charge < -0.3 is 9.47 Å². The van der Waals surface area contributed by atoms with E-state index in [1.807, 2.05) is 4.90 Å². The molecule has 1 fully saturated rings. The number of carbonyl (C=O) groups excluding carboxylic acids is 1. The molecule has 0 N–H and O–H groups in total. The number of likely N-dealkylation sites (tertiary alicyclic amines) is 1. The van der Waals surface area contributed by atoms with Gasteiger partial charge >= 0.3 is 0 Å². The molecule has 2 heterocycles. The van der Waals surface area contributed by atoms with E-state index in [1.165, 1.54) is 10.6 Å². The van der Waals surface area contributed by atoms with Gasteiger partial charge in [-0.3, -0.25) is 9.59 Å². The Morgan fingerprint density at radius 3 is 3.00 bits per heavy atom. The van der Waals surface area contributed by atoms with Crippen LogP contribution in [0.3, 0.4) is 0 Å². The van der Waals surface area contributed by atoms with Crippen LogP contribution < -0.4 is 5.56 Å². The zero-order valence-corrected chi connectivity index (χ0v) is 12.0. The molecule has 0 radical (unpaired) electrons. The quantitative estimate of drug-likeness (QED) is 0.779. The number of pyridine rings is 1. The highest BCUT2D eigenvalue weighted by Crippen LogP contribution is 2.19. The first-order chi connectivity index (χ1) is 8.61. The van der Waals surface area contributed by atoms with Crippen molar-refractivity contribution < 1.29 is 4.79 Å². The highest BCUT2D eigenvalue weighted by Gasteiger charge is 2.23. The summed E-state index contributed by atoms with van der Waals surface area (Å²) in [6.45, 7) is 1.57. The van der Waals surface area contributed by atoms with Crippen molar-refractivity contribution in [2.45, 2.75) is 12.8 Å². The van der Waals surface area contributed by atoms with Crippen molar-refractivity contribution >= 4 is 21.8 Å². The van der Waals surface area contributed by atoms with E-state index in [0.717, 1.165) is 31.3 Å². The fourth-order valence-corrected chi connectivity index (χ4v) is 2.77. The molecule has 98 valence electrons. The molecule has 0 spiro atoms. The van der Waals surface area contributed by atoms with Gasteiger partial charge in [0.15, 0.2) is 0 Å². The lowest BCUT2D eigenvalue weighted by molar-refractivity contribution is 0.0685. The fourth-order valence-electron chi connectivity index (χ4n) is 2.24. The monoisotopic (exact) mass is 312 g/mol. The molecule has 1 aliphatic rings. The van der Waals surface area contributed by atoms with Crippen LogP contribution in [0.15, 0.2) is 23.1 Å². The Labute approximate surface area is 115 Å². The average Bonchev–Trinajstić information content (AvgIpc) is 2.41. The van der Waals surface area contributed by atoms with Gasteiger partial charge in [0, 0.05) is 43.3 Å². The first-order valence-electron chi connectivity index (χ1n) is 6.13. The molecule has 1 atom stereocenters. The van der Waals surface area contributed by atoms with Gasteiger partial charge in [0.2, 0.25) is 0 Å². The summed E-state index contributed by atoms with van der Waals surface area (Å²) in [5.41, 5.74) is 0.350. The van der Waals surface area contributed by atoms with Crippen molar-refractivity contribution in [2.24, 2.45) is 13.0 Å². The second-order valence-corrected chi connectivity index (χ2v) is 5.43. The summed E-state index contributed by atoms with van der Waals surface area (Å²) < 4.78 is 1.47. The van der Waals surface area contributed by atoms with Crippen LogP contribution in [0.5, 0.6) is 0 Å².